The van der Waals surface area contributed by atoms with Crippen molar-refractivity contribution in [2.24, 2.45) is 11.5 Å². The molecule has 0 heterocycles. The van der Waals surface area contributed by atoms with Crippen molar-refractivity contribution in [3.05, 3.63) is 0 Å². The van der Waals surface area contributed by atoms with Crippen molar-refractivity contribution in [3.8, 4) is 12.0 Å². The van der Waals surface area contributed by atoms with Crippen LogP contribution in [0.25, 0.3) is 0 Å². The van der Waals surface area contributed by atoms with Crippen LogP contribution in [-0.4, -0.2) is 6.54 Å². The van der Waals surface area contributed by atoms with E-state index in [2.05, 4.69) is 12.0 Å². The fourth-order valence-corrected chi connectivity index (χ4v) is 1.49. The topological polar surface area (TPSA) is 52.0 Å². The first-order valence-corrected chi connectivity index (χ1v) is 5.80. The summed E-state index contributed by atoms with van der Waals surface area (Å²) in [4.78, 5) is 0. The molecule has 82 valence electrons. The van der Waals surface area contributed by atoms with Crippen molar-refractivity contribution in [3.63, 3.8) is 0 Å². The first kappa shape index (κ1) is 13.3. The second kappa shape index (κ2) is 12.3. The molecule has 0 atom stereocenters. The lowest BCUT2D eigenvalue weighted by Gasteiger charge is -1.99. The summed E-state index contributed by atoms with van der Waals surface area (Å²) in [7, 11) is 0. The lowest BCUT2D eigenvalue weighted by Crippen LogP contribution is -1.97. The summed E-state index contributed by atoms with van der Waals surface area (Å²) in [5.74, 6) is 2.88. The molecule has 0 aromatic heterocycles. The van der Waals surface area contributed by atoms with Crippen LogP contribution in [0.3, 0.4) is 0 Å². The Balaban J connectivity index is 2.87. The minimum atomic E-state index is 0.845. The van der Waals surface area contributed by atoms with Gasteiger partial charge in [0.25, 0.3) is 0 Å². The van der Waals surface area contributed by atoms with Crippen LogP contribution in [0, 0.1) is 12.0 Å². The average Bonchev–Trinajstić information content (AvgIpc) is 2.21. The maximum absolute atomic E-state index is 5.41. The summed E-state index contributed by atoms with van der Waals surface area (Å²) >= 11 is 0. The molecule has 4 N–H and O–H groups in total. The first-order valence-electron chi connectivity index (χ1n) is 5.80. The number of unbranched alkanes of at least 4 members (excludes halogenated alkanes) is 8. The van der Waals surface area contributed by atoms with Gasteiger partial charge < -0.3 is 11.5 Å². The van der Waals surface area contributed by atoms with Gasteiger partial charge in [-0.15, -0.1) is 0 Å². The maximum Gasteiger partial charge on any atom is 0.0107 e. The highest BCUT2D eigenvalue weighted by Gasteiger charge is 1.90. The Morgan fingerprint density at radius 1 is 0.714 bits per heavy atom. The smallest absolute Gasteiger partial charge is 0.0107 e. The van der Waals surface area contributed by atoms with Crippen molar-refractivity contribution in [1.82, 2.24) is 0 Å². The summed E-state index contributed by atoms with van der Waals surface area (Å²) < 4.78 is 0. The molecule has 0 amide bonds. The molecule has 2 heteroatoms. The van der Waals surface area contributed by atoms with Gasteiger partial charge in [0.1, 0.15) is 0 Å². The van der Waals surface area contributed by atoms with Gasteiger partial charge in [-0.2, -0.15) is 0 Å². The molecule has 0 spiro atoms. The zero-order chi connectivity index (χ0) is 10.5. The summed E-state index contributed by atoms with van der Waals surface area (Å²) in [5.41, 5.74) is 10.5. The van der Waals surface area contributed by atoms with Crippen LogP contribution in [-0.2, 0) is 0 Å². The molecular formula is C12H24N2. The second-order valence-electron chi connectivity index (χ2n) is 3.69. The van der Waals surface area contributed by atoms with Crippen LogP contribution in [0.5, 0.6) is 0 Å². The van der Waals surface area contributed by atoms with Gasteiger partial charge in [0.2, 0.25) is 0 Å². The zero-order valence-electron chi connectivity index (χ0n) is 9.23. The Hall–Kier alpha value is -0.680. The third-order valence-corrected chi connectivity index (χ3v) is 2.36. The van der Waals surface area contributed by atoms with Crippen LogP contribution in [0.15, 0.2) is 0 Å². The molecule has 0 bridgehead atoms. The minimum Gasteiger partial charge on any atom is -0.359 e. The molecule has 0 saturated carbocycles. The molecule has 0 aromatic carbocycles. The summed E-state index contributed by atoms with van der Waals surface area (Å²) in [6, 6.07) is 2.43. The van der Waals surface area contributed by atoms with E-state index < -0.39 is 0 Å². The molecule has 0 aromatic rings. The quantitative estimate of drug-likeness (QED) is 0.338. The Morgan fingerprint density at radius 3 is 1.71 bits per heavy atom. The van der Waals surface area contributed by atoms with Crippen molar-refractivity contribution in [2.75, 3.05) is 6.54 Å². The standard InChI is InChI=1S/C12H24N2/c13-11-9-7-5-3-1-2-4-6-8-10-12-14/h1-9,11,13-14H2. The summed E-state index contributed by atoms with van der Waals surface area (Å²) in [5, 5.41) is 0. The molecule has 0 rings (SSSR count). The fourth-order valence-electron chi connectivity index (χ4n) is 1.49. The third-order valence-electron chi connectivity index (χ3n) is 2.36. The van der Waals surface area contributed by atoms with Gasteiger partial charge in [0.15, 0.2) is 0 Å². The SMILES string of the molecule is NC#CCCCCCCCCCCN. The second-order valence-corrected chi connectivity index (χ2v) is 3.69. The Labute approximate surface area is 88.4 Å². The van der Waals surface area contributed by atoms with Crippen molar-refractivity contribution in [2.45, 2.75) is 57.8 Å². The summed E-state index contributed by atoms with van der Waals surface area (Å²) in [6.45, 7) is 0.845. The predicted molar refractivity (Wildman–Crippen MR) is 62.6 cm³/mol. The number of nitrogens with two attached hydrogens (primary N) is 2. The number of rotatable bonds is 9. The Bertz CT molecular complexity index is 155. The lowest BCUT2D eigenvalue weighted by molar-refractivity contribution is 0.573. The largest absolute Gasteiger partial charge is 0.359 e. The maximum atomic E-state index is 5.41. The molecule has 14 heavy (non-hydrogen) atoms. The van der Waals surface area contributed by atoms with Crippen LogP contribution in [0.4, 0.5) is 0 Å². The van der Waals surface area contributed by atoms with Gasteiger partial charge in [-0.05, 0) is 19.4 Å². The van der Waals surface area contributed by atoms with E-state index in [9.17, 15) is 0 Å². The van der Waals surface area contributed by atoms with E-state index in [0.29, 0.717) is 0 Å². The molecular weight excluding hydrogens is 172 g/mol. The Morgan fingerprint density at radius 2 is 1.21 bits per heavy atom. The molecule has 0 aliphatic rings. The minimum absolute atomic E-state index is 0.845. The molecule has 0 unspecified atom stereocenters. The molecule has 2 nitrogen and oxygen atoms in total. The van der Waals surface area contributed by atoms with Crippen LogP contribution >= 0.6 is 0 Å². The summed E-state index contributed by atoms with van der Waals surface area (Å²) in [6.07, 6.45) is 11.4. The van der Waals surface area contributed by atoms with E-state index >= 15 is 0 Å². The molecule has 0 aliphatic heterocycles. The highest BCUT2D eigenvalue weighted by Crippen LogP contribution is 2.08. The van der Waals surface area contributed by atoms with Gasteiger partial charge >= 0.3 is 0 Å². The van der Waals surface area contributed by atoms with Gasteiger partial charge in [0.05, 0.1) is 0 Å². The van der Waals surface area contributed by atoms with Crippen LogP contribution in [0.1, 0.15) is 57.8 Å². The highest BCUT2D eigenvalue weighted by atomic mass is 14.5. The van der Waals surface area contributed by atoms with Gasteiger partial charge in [-0.1, -0.05) is 44.4 Å². The van der Waals surface area contributed by atoms with Gasteiger partial charge in [0, 0.05) is 12.5 Å². The first-order chi connectivity index (χ1) is 6.91. The van der Waals surface area contributed by atoms with E-state index in [-0.39, 0.29) is 0 Å². The normalized spacial score (nSPS) is 9.50. The zero-order valence-corrected chi connectivity index (χ0v) is 9.23. The van der Waals surface area contributed by atoms with E-state index in [1.165, 1.54) is 51.4 Å². The number of hydrogen-bond acceptors (Lipinski definition) is 2. The van der Waals surface area contributed by atoms with Crippen LogP contribution < -0.4 is 11.5 Å². The fraction of sp³-hybridized carbons (Fsp3) is 0.833. The van der Waals surface area contributed by atoms with E-state index in [1.54, 1.807) is 0 Å². The highest BCUT2D eigenvalue weighted by molar-refractivity contribution is 4.93. The molecule has 0 aliphatic carbocycles. The van der Waals surface area contributed by atoms with Crippen molar-refractivity contribution >= 4 is 0 Å². The van der Waals surface area contributed by atoms with E-state index in [4.69, 9.17) is 11.5 Å². The number of hydrogen-bond donors (Lipinski definition) is 2. The molecule has 0 saturated heterocycles. The Kier molecular flexibility index (Phi) is 11.7. The molecule has 0 fully saturated rings. The predicted octanol–water partition coefficient (Wildman–Crippen LogP) is 2.38. The van der Waals surface area contributed by atoms with Crippen molar-refractivity contribution < 1.29 is 0 Å². The van der Waals surface area contributed by atoms with E-state index in [0.717, 1.165) is 13.0 Å². The van der Waals surface area contributed by atoms with Crippen LogP contribution in [0.2, 0.25) is 0 Å². The van der Waals surface area contributed by atoms with Gasteiger partial charge in [-0.3, -0.25) is 0 Å². The average molecular weight is 196 g/mol. The van der Waals surface area contributed by atoms with E-state index in [1.807, 2.05) is 0 Å². The lowest BCUT2D eigenvalue weighted by atomic mass is 10.1. The third kappa shape index (κ3) is 11.3. The van der Waals surface area contributed by atoms with Gasteiger partial charge in [-0.25, -0.2) is 0 Å². The van der Waals surface area contributed by atoms with Crippen molar-refractivity contribution in [1.29, 1.82) is 0 Å². The molecule has 0 radical (unpaired) electrons. The monoisotopic (exact) mass is 196 g/mol.